The Morgan fingerprint density at radius 1 is 1.02 bits per heavy atom. The maximum absolute atomic E-state index is 14.5. The zero-order valence-electron chi connectivity index (χ0n) is 25.5. The highest BCUT2D eigenvalue weighted by atomic mass is 16.5. The number of hydrogen-bond acceptors (Lipinski definition) is 6. The van der Waals surface area contributed by atoms with Crippen LogP contribution in [0.2, 0.25) is 0 Å². The molecule has 1 aliphatic heterocycles. The number of aliphatic hydroxyl groups excluding tert-OH is 1. The van der Waals surface area contributed by atoms with Gasteiger partial charge in [-0.05, 0) is 52.1 Å². The van der Waals surface area contributed by atoms with Gasteiger partial charge in [0.05, 0.1) is 13.2 Å². The van der Waals surface area contributed by atoms with Crippen LogP contribution in [0.4, 0.5) is 0 Å². The number of nitrogens with one attached hydrogen (secondary N) is 1. The first-order valence-electron chi connectivity index (χ1n) is 15.3. The Hall–Kier alpha value is -5.37. The molecule has 9 nitrogen and oxygen atoms in total. The Bertz CT molecular complexity index is 1650. The molecule has 4 aromatic carbocycles. The van der Waals surface area contributed by atoms with Gasteiger partial charge in [0.15, 0.2) is 11.6 Å². The van der Waals surface area contributed by atoms with Gasteiger partial charge in [0, 0.05) is 42.4 Å². The van der Waals surface area contributed by atoms with E-state index in [-0.39, 0.29) is 31.4 Å². The standard InChI is InChI=1S/C37H37N5O4/c1-2-22-37(36(44)39-26-33(27-12-5-3-6-13-27)28-14-7-4-8-15-28)34(32-17-10-9-16-30(32)25-40-42-38)46-35(41-37)29-18-20-31(21-19-29)45-24-11-23-43/h2-10,12-21,33-34,43H,1,11,22-26H2,(H,39,44)/t34-,37-/m1/s1. The number of rotatable bonds is 15. The molecule has 0 aliphatic carbocycles. The van der Waals surface area contributed by atoms with Crippen LogP contribution in [0.15, 0.2) is 132 Å². The van der Waals surface area contributed by atoms with E-state index < -0.39 is 11.6 Å². The molecule has 9 heteroatoms. The maximum Gasteiger partial charge on any atom is 0.252 e. The zero-order valence-corrected chi connectivity index (χ0v) is 25.5. The maximum atomic E-state index is 14.5. The Balaban J connectivity index is 1.52. The average Bonchev–Trinajstić information content (AvgIpc) is 3.49. The van der Waals surface area contributed by atoms with E-state index in [9.17, 15) is 4.79 Å². The van der Waals surface area contributed by atoms with Crippen LogP contribution >= 0.6 is 0 Å². The largest absolute Gasteiger partial charge is 0.494 e. The third kappa shape index (κ3) is 7.29. The van der Waals surface area contributed by atoms with Crippen molar-refractivity contribution in [1.82, 2.24) is 5.32 Å². The summed E-state index contributed by atoms with van der Waals surface area (Å²) in [5.41, 5.74) is 11.9. The number of azide groups is 1. The Morgan fingerprint density at radius 3 is 2.30 bits per heavy atom. The van der Waals surface area contributed by atoms with E-state index in [1.165, 1.54) is 0 Å². The fourth-order valence-electron chi connectivity index (χ4n) is 5.70. The molecule has 5 rings (SSSR count). The molecule has 1 amide bonds. The first kappa shape index (κ1) is 32.0. The van der Waals surface area contributed by atoms with Gasteiger partial charge in [0.1, 0.15) is 5.75 Å². The highest BCUT2D eigenvalue weighted by Gasteiger charge is 2.53. The highest BCUT2D eigenvalue weighted by molar-refractivity contribution is 6.01. The second-order valence-electron chi connectivity index (χ2n) is 11.0. The molecule has 4 aromatic rings. The molecular formula is C37H37N5O4. The monoisotopic (exact) mass is 615 g/mol. The van der Waals surface area contributed by atoms with E-state index >= 15 is 0 Å². The minimum absolute atomic E-state index is 0.0518. The molecule has 0 bridgehead atoms. The van der Waals surface area contributed by atoms with Crippen molar-refractivity contribution in [2.75, 3.05) is 19.8 Å². The summed E-state index contributed by atoms with van der Waals surface area (Å²) in [7, 11) is 0. The first-order chi connectivity index (χ1) is 22.6. The minimum Gasteiger partial charge on any atom is -0.494 e. The SMILES string of the molecule is C=CC[C@@]1(C(=O)NCC(c2ccccc2)c2ccccc2)N=C(c2ccc(OCCCO)cc2)O[C@@H]1c1ccccc1CN=[N+]=[N-]. The summed E-state index contributed by atoms with van der Waals surface area (Å²) in [6.45, 7) is 4.86. The number of hydrogen-bond donors (Lipinski definition) is 2. The van der Waals surface area contributed by atoms with Gasteiger partial charge in [-0.1, -0.05) is 96.1 Å². The normalized spacial score (nSPS) is 17.0. The highest BCUT2D eigenvalue weighted by Crippen LogP contribution is 2.44. The summed E-state index contributed by atoms with van der Waals surface area (Å²) >= 11 is 0. The molecule has 0 fully saturated rings. The summed E-state index contributed by atoms with van der Waals surface area (Å²) < 4.78 is 12.3. The summed E-state index contributed by atoms with van der Waals surface area (Å²) in [5, 5.41) is 16.1. The lowest BCUT2D eigenvalue weighted by Gasteiger charge is -2.31. The van der Waals surface area contributed by atoms with Crippen LogP contribution in [0.1, 0.15) is 52.7 Å². The molecule has 2 atom stereocenters. The molecule has 1 heterocycles. The average molecular weight is 616 g/mol. The van der Waals surface area contributed by atoms with Gasteiger partial charge >= 0.3 is 0 Å². The van der Waals surface area contributed by atoms with Gasteiger partial charge in [0.25, 0.3) is 5.91 Å². The number of aliphatic imine (C=N–C) groups is 1. The molecule has 0 aromatic heterocycles. The molecule has 1 aliphatic rings. The van der Waals surface area contributed by atoms with Crippen LogP contribution in [0.5, 0.6) is 5.75 Å². The van der Waals surface area contributed by atoms with Gasteiger partial charge in [-0.25, -0.2) is 4.99 Å². The van der Waals surface area contributed by atoms with E-state index in [1.807, 2.05) is 72.8 Å². The van der Waals surface area contributed by atoms with Crippen LogP contribution in [-0.4, -0.2) is 42.2 Å². The van der Waals surface area contributed by atoms with E-state index in [0.29, 0.717) is 42.3 Å². The summed E-state index contributed by atoms with van der Waals surface area (Å²) in [5.74, 6) is 0.568. The lowest BCUT2D eigenvalue weighted by atomic mass is 9.82. The molecule has 0 radical (unpaired) electrons. The van der Waals surface area contributed by atoms with E-state index in [4.69, 9.17) is 25.1 Å². The molecule has 2 N–H and O–H groups in total. The van der Waals surface area contributed by atoms with Gasteiger partial charge in [-0.3, -0.25) is 4.79 Å². The van der Waals surface area contributed by atoms with Crippen molar-refractivity contribution in [3.05, 3.63) is 160 Å². The smallest absolute Gasteiger partial charge is 0.252 e. The van der Waals surface area contributed by atoms with Crippen LogP contribution in [-0.2, 0) is 16.1 Å². The molecular weight excluding hydrogens is 578 g/mol. The summed E-state index contributed by atoms with van der Waals surface area (Å²) in [6.07, 6.45) is 1.59. The third-order valence-corrected chi connectivity index (χ3v) is 8.00. The van der Waals surface area contributed by atoms with Crippen molar-refractivity contribution in [1.29, 1.82) is 0 Å². The molecule has 234 valence electrons. The Kier molecular flexibility index (Phi) is 10.8. The quantitative estimate of drug-likeness (QED) is 0.0489. The van der Waals surface area contributed by atoms with Crippen LogP contribution in [0.25, 0.3) is 10.4 Å². The molecule has 0 unspecified atom stereocenters. The number of aliphatic hydroxyl groups is 1. The van der Waals surface area contributed by atoms with Crippen LogP contribution in [0, 0.1) is 0 Å². The fourth-order valence-corrected chi connectivity index (χ4v) is 5.70. The van der Waals surface area contributed by atoms with Gasteiger partial charge < -0.3 is 19.9 Å². The van der Waals surface area contributed by atoms with Crippen LogP contribution < -0.4 is 10.1 Å². The van der Waals surface area contributed by atoms with E-state index in [1.54, 1.807) is 18.2 Å². The van der Waals surface area contributed by atoms with Crippen molar-refractivity contribution < 1.29 is 19.4 Å². The molecule has 0 saturated heterocycles. The minimum atomic E-state index is -1.39. The lowest BCUT2D eigenvalue weighted by molar-refractivity contribution is -0.128. The Morgan fingerprint density at radius 2 is 1.67 bits per heavy atom. The fraction of sp³-hybridized carbons (Fsp3) is 0.243. The predicted molar refractivity (Wildman–Crippen MR) is 179 cm³/mol. The van der Waals surface area contributed by atoms with Crippen molar-refractivity contribution in [2.45, 2.75) is 36.9 Å². The Labute approximate surface area is 268 Å². The molecule has 0 spiro atoms. The van der Waals surface area contributed by atoms with Crippen molar-refractivity contribution in [2.24, 2.45) is 10.1 Å². The topological polar surface area (TPSA) is 129 Å². The second kappa shape index (κ2) is 15.6. The van der Waals surface area contributed by atoms with Crippen molar-refractivity contribution in [3.8, 4) is 5.75 Å². The first-order valence-corrected chi connectivity index (χ1v) is 15.3. The van der Waals surface area contributed by atoms with Gasteiger partial charge in [-0.15, -0.1) is 6.58 Å². The number of nitrogens with zero attached hydrogens (tertiary/aromatic N) is 4. The third-order valence-electron chi connectivity index (χ3n) is 8.00. The predicted octanol–water partition coefficient (Wildman–Crippen LogP) is 7.04. The number of amides is 1. The van der Waals surface area contributed by atoms with E-state index in [2.05, 4.69) is 46.2 Å². The number of carbonyl (C=O) groups excluding carboxylic acids is 1. The number of ether oxygens (including phenoxy) is 2. The number of benzene rings is 4. The van der Waals surface area contributed by atoms with E-state index in [0.717, 1.165) is 16.7 Å². The lowest BCUT2D eigenvalue weighted by Crippen LogP contribution is -2.49. The second-order valence-corrected chi connectivity index (χ2v) is 11.0. The zero-order chi connectivity index (χ0) is 32.2. The van der Waals surface area contributed by atoms with Gasteiger partial charge in [0.2, 0.25) is 5.90 Å². The number of carbonyl (C=O) groups is 1. The molecule has 0 saturated carbocycles. The summed E-state index contributed by atoms with van der Waals surface area (Å²) in [6, 6.07) is 34.9. The summed E-state index contributed by atoms with van der Waals surface area (Å²) in [4.78, 5) is 22.5. The van der Waals surface area contributed by atoms with Gasteiger partial charge in [-0.2, -0.15) is 0 Å². The van der Waals surface area contributed by atoms with Crippen molar-refractivity contribution in [3.63, 3.8) is 0 Å². The molecule has 46 heavy (non-hydrogen) atoms. The van der Waals surface area contributed by atoms with Crippen LogP contribution in [0.3, 0.4) is 0 Å². The van der Waals surface area contributed by atoms with Crippen molar-refractivity contribution >= 4 is 11.8 Å².